The molecular formula is C19H26IN5O2. The molecule has 3 N–H and O–H groups in total. The molecule has 1 aromatic heterocycles. The van der Waals surface area contributed by atoms with Gasteiger partial charge in [0.2, 0.25) is 0 Å². The lowest BCUT2D eigenvalue weighted by atomic mass is 10.2. The highest BCUT2D eigenvalue weighted by molar-refractivity contribution is 14.0. The summed E-state index contributed by atoms with van der Waals surface area (Å²) in [5.74, 6) is 1.21. The van der Waals surface area contributed by atoms with E-state index in [0.717, 1.165) is 11.3 Å². The quantitative estimate of drug-likeness (QED) is 0.304. The Bertz CT molecular complexity index is 725. The number of carbonyl (C=O) groups is 1. The molecule has 1 amide bonds. The van der Waals surface area contributed by atoms with Crippen LogP contribution in [0.1, 0.15) is 18.2 Å². The number of hydrogen-bond acceptors (Lipinski definition) is 4. The van der Waals surface area contributed by atoms with Crippen molar-refractivity contribution in [3.05, 3.63) is 59.9 Å². The normalized spacial score (nSPS) is 10.5. The Morgan fingerprint density at radius 3 is 2.63 bits per heavy atom. The van der Waals surface area contributed by atoms with Crippen molar-refractivity contribution in [1.82, 2.24) is 20.9 Å². The van der Waals surface area contributed by atoms with Gasteiger partial charge in [-0.05, 0) is 36.8 Å². The zero-order valence-electron chi connectivity index (χ0n) is 15.6. The van der Waals surface area contributed by atoms with Gasteiger partial charge in [-0.25, -0.2) is 0 Å². The second-order valence-corrected chi connectivity index (χ2v) is 5.49. The fraction of sp³-hybridized carbons (Fsp3) is 0.316. The van der Waals surface area contributed by atoms with Gasteiger partial charge in [0.15, 0.2) is 12.6 Å². The number of nitrogens with zero attached hydrogens (tertiary/aromatic N) is 2. The van der Waals surface area contributed by atoms with Crippen LogP contribution in [0.4, 0.5) is 0 Å². The maximum atomic E-state index is 11.5. The number of carbonyl (C=O) groups excluding carboxylic acids is 1. The monoisotopic (exact) mass is 483 g/mol. The zero-order chi connectivity index (χ0) is 18.6. The van der Waals surface area contributed by atoms with Gasteiger partial charge in [0.05, 0.1) is 12.2 Å². The Labute approximate surface area is 177 Å². The van der Waals surface area contributed by atoms with Crippen LogP contribution in [-0.2, 0) is 17.9 Å². The van der Waals surface area contributed by atoms with Gasteiger partial charge in [0.25, 0.3) is 5.91 Å². The van der Waals surface area contributed by atoms with Crippen molar-refractivity contribution in [3.63, 3.8) is 0 Å². The third kappa shape index (κ3) is 8.72. The minimum atomic E-state index is -0.129. The first-order valence-corrected chi connectivity index (χ1v) is 8.54. The smallest absolute Gasteiger partial charge is 0.257 e. The molecule has 0 spiro atoms. The topological polar surface area (TPSA) is 87.6 Å². The van der Waals surface area contributed by atoms with Crippen LogP contribution < -0.4 is 20.7 Å². The van der Waals surface area contributed by atoms with E-state index in [4.69, 9.17) is 4.74 Å². The van der Waals surface area contributed by atoms with Gasteiger partial charge in [0, 0.05) is 26.3 Å². The van der Waals surface area contributed by atoms with Gasteiger partial charge >= 0.3 is 0 Å². The number of hydrogen-bond donors (Lipinski definition) is 3. The van der Waals surface area contributed by atoms with Crippen molar-refractivity contribution < 1.29 is 9.53 Å². The van der Waals surface area contributed by atoms with Crippen molar-refractivity contribution in [2.24, 2.45) is 4.99 Å². The van der Waals surface area contributed by atoms with E-state index < -0.39 is 0 Å². The summed E-state index contributed by atoms with van der Waals surface area (Å²) in [6, 6.07) is 13.4. The molecule has 2 aromatic rings. The van der Waals surface area contributed by atoms with E-state index in [0.29, 0.717) is 31.3 Å². The summed E-state index contributed by atoms with van der Waals surface area (Å²) < 4.78 is 5.51. The molecule has 146 valence electrons. The lowest BCUT2D eigenvalue weighted by molar-refractivity contribution is -0.122. The molecule has 0 bridgehead atoms. The third-order valence-electron chi connectivity index (χ3n) is 3.49. The van der Waals surface area contributed by atoms with Crippen LogP contribution >= 0.6 is 24.0 Å². The minimum Gasteiger partial charge on any atom is -0.484 e. The van der Waals surface area contributed by atoms with E-state index in [1.165, 1.54) is 0 Å². The van der Waals surface area contributed by atoms with Crippen LogP contribution in [0.3, 0.4) is 0 Å². The number of halogens is 1. The highest BCUT2D eigenvalue weighted by Crippen LogP contribution is 2.13. The highest BCUT2D eigenvalue weighted by Gasteiger charge is 2.03. The number of rotatable bonds is 8. The van der Waals surface area contributed by atoms with Gasteiger partial charge in [-0.15, -0.1) is 24.0 Å². The Balaban J connectivity index is 0.00000364. The molecule has 8 heteroatoms. The van der Waals surface area contributed by atoms with Crippen LogP contribution in [0.15, 0.2) is 53.7 Å². The number of aromatic nitrogens is 1. The summed E-state index contributed by atoms with van der Waals surface area (Å²) in [5.41, 5.74) is 1.97. The average Bonchev–Trinajstić information content (AvgIpc) is 2.68. The molecule has 2 rings (SSSR count). The zero-order valence-corrected chi connectivity index (χ0v) is 17.9. The van der Waals surface area contributed by atoms with E-state index in [9.17, 15) is 4.79 Å². The molecule has 0 aliphatic carbocycles. The predicted octanol–water partition coefficient (Wildman–Crippen LogP) is 2.08. The number of ether oxygens (including phenoxy) is 1. The minimum absolute atomic E-state index is 0. The molecule has 1 heterocycles. The second-order valence-electron chi connectivity index (χ2n) is 5.49. The number of aliphatic imine (C=N–C) groups is 1. The van der Waals surface area contributed by atoms with Crippen LogP contribution in [-0.4, -0.2) is 37.1 Å². The molecule has 1 aromatic carbocycles. The van der Waals surface area contributed by atoms with Gasteiger partial charge in [-0.2, -0.15) is 0 Å². The first kappa shape index (κ1) is 22.7. The first-order valence-electron chi connectivity index (χ1n) is 8.54. The predicted molar refractivity (Wildman–Crippen MR) is 117 cm³/mol. The Morgan fingerprint density at radius 1 is 1.11 bits per heavy atom. The van der Waals surface area contributed by atoms with Crippen LogP contribution in [0.2, 0.25) is 0 Å². The maximum absolute atomic E-state index is 11.5. The maximum Gasteiger partial charge on any atom is 0.257 e. The van der Waals surface area contributed by atoms with E-state index in [1.807, 2.05) is 49.4 Å². The molecular weight excluding hydrogens is 457 g/mol. The van der Waals surface area contributed by atoms with Crippen LogP contribution in [0.25, 0.3) is 0 Å². The molecule has 0 unspecified atom stereocenters. The lowest BCUT2D eigenvalue weighted by Crippen LogP contribution is -2.36. The van der Waals surface area contributed by atoms with Gasteiger partial charge in [0.1, 0.15) is 5.75 Å². The highest BCUT2D eigenvalue weighted by atomic mass is 127. The number of guanidine groups is 1. The Kier molecular flexibility index (Phi) is 10.8. The molecule has 0 atom stereocenters. The van der Waals surface area contributed by atoms with Crippen LogP contribution in [0, 0.1) is 0 Å². The van der Waals surface area contributed by atoms with E-state index in [-0.39, 0.29) is 36.5 Å². The van der Waals surface area contributed by atoms with Gasteiger partial charge in [-0.3, -0.25) is 14.8 Å². The molecule has 0 aliphatic rings. The Morgan fingerprint density at radius 2 is 1.93 bits per heavy atom. The second kappa shape index (κ2) is 12.9. The average molecular weight is 483 g/mol. The number of pyridine rings is 1. The largest absolute Gasteiger partial charge is 0.484 e. The molecule has 7 nitrogen and oxygen atoms in total. The summed E-state index contributed by atoms with van der Waals surface area (Å²) in [5, 5.41) is 9.16. The molecule has 0 aliphatic heterocycles. The fourth-order valence-corrected chi connectivity index (χ4v) is 2.23. The van der Waals surface area contributed by atoms with Crippen molar-refractivity contribution in [2.75, 3.05) is 20.2 Å². The van der Waals surface area contributed by atoms with Gasteiger partial charge < -0.3 is 20.7 Å². The summed E-state index contributed by atoms with van der Waals surface area (Å²) in [4.78, 5) is 19.9. The fourth-order valence-electron chi connectivity index (χ4n) is 2.23. The number of benzene rings is 1. The molecule has 0 radical (unpaired) electrons. The van der Waals surface area contributed by atoms with E-state index in [2.05, 4.69) is 25.9 Å². The van der Waals surface area contributed by atoms with E-state index in [1.54, 1.807) is 13.2 Å². The van der Waals surface area contributed by atoms with Crippen molar-refractivity contribution in [1.29, 1.82) is 0 Å². The number of nitrogens with one attached hydrogen (secondary N) is 3. The summed E-state index contributed by atoms with van der Waals surface area (Å²) in [7, 11) is 1.72. The molecule has 27 heavy (non-hydrogen) atoms. The third-order valence-corrected chi connectivity index (χ3v) is 3.49. The van der Waals surface area contributed by atoms with Crippen molar-refractivity contribution in [3.8, 4) is 5.75 Å². The number of likely N-dealkylation sites (N-methyl/N-ethyl adjacent to an activating group) is 1. The molecule has 0 fully saturated rings. The van der Waals surface area contributed by atoms with Crippen LogP contribution in [0.5, 0.6) is 5.75 Å². The molecule has 0 saturated carbocycles. The summed E-state index contributed by atoms with van der Waals surface area (Å²) >= 11 is 0. The molecule has 0 saturated heterocycles. The number of amides is 1. The van der Waals surface area contributed by atoms with Gasteiger partial charge in [-0.1, -0.05) is 18.2 Å². The summed E-state index contributed by atoms with van der Waals surface area (Å²) in [6.45, 7) is 3.66. The summed E-state index contributed by atoms with van der Waals surface area (Å²) in [6.07, 6.45) is 1.76. The Hall–Kier alpha value is -2.36. The lowest BCUT2D eigenvalue weighted by Gasteiger charge is -2.12. The standard InChI is InChI=1S/C19H25N5O2.HI/c1-3-21-18(25)14-26-17-9-6-7-15(11-17)12-23-19(20-2)24-13-16-8-4-5-10-22-16;/h4-11H,3,12-14H2,1-2H3,(H,21,25)(H2,20,23,24);1H. The van der Waals surface area contributed by atoms with Crippen molar-refractivity contribution in [2.45, 2.75) is 20.0 Å². The first-order chi connectivity index (χ1) is 12.7. The van der Waals surface area contributed by atoms with Crippen molar-refractivity contribution >= 4 is 35.8 Å². The SMILES string of the molecule is CCNC(=O)COc1cccc(CNC(=NC)NCc2ccccn2)c1.I. The van der Waals surface area contributed by atoms with E-state index >= 15 is 0 Å².